The molecule has 0 atom stereocenters. The van der Waals surface area contributed by atoms with Gasteiger partial charge in [-0.15, -0.1) is 10.2 Å². The number of halogens is 1. The highest BCUT2D eigenvalue weighted by atomic mass is 35.7. The normalized spacial score (nSPS) is 11.4. The van der Waals surface area contributed by atoms with E-state index in [1.807, 2.05) is 113 Å². The second-order valence-electron chi connectivity index (χ2n) is 10.6. The fraction of sp³-hybridized carbons (Fsp3) is 0.111. The number of rotatable bonds is 8. The van der Waals surface area contributed by atoms with Gasteiger partial charge in [0.05, 0.1) is 0 Å². The zero-order chi connectivity index (χ0) is 33.3. The van der Waals surface area contributed by atoms with Gasteiger partial charge < -0.3 is 9.80 Å². The summed E-state index contributed by atoms with van der Waals surface area (Å²) in [4.78, 5) is 18.5. The number of hydrogen-bond acceptors (Lipinski definition) is 7. The number of nitrogens with zero attached hydrogens (tertiary/aromatic N) is 4. The Kier molecular flexibility index (Phi) is 11.3. The van der Waals surface area contributed by atoms with Crippen molar-refractivity contribution < 1.29 is 33.4 Å². The van der Waals surface area contributed by atoms with Crippen LogP contribution in [-0.2, 0) is 0 Å². The van der Waals surface area contributed by atoms with E-state index in [1.54, 1.807) is 9.13 Å². The maximum Gasteiger partial charge on any atom is 0.509 e. The Morgan fingerprint density at radius 2 is 1.04 bits per heavy atom. The molecule has 236 valence electrons. The summed E-state index contributed by atoms with van der Waals surface area (Å²) >= 11 is 0. The van der Waals surface area contributed by atoms with Crippen molar-refractivity contribution in [1.82, 2.24) is 4.57 Å². The molecular weight excluding hydrogens is 604 g/mol. The monoisotopic (exact) mass is 638 g/mol. The Bertz CT molecular complexity index is 1700. The molecule has 0 aliphatic carbocycles. The molecule has 0 aliphatic rings. The van der Waals surface area contributed by atoms with Gasteiger partial charge >= 0.3 is 5.69 Å². The van der Waals surface area contributed by atoms with Gasteiger partial charge in [-0.2, -0.15) is 13.9 Å². The predicted molar refractivity (Wildman–Crippen MR) is 173 cm³/mol. The molecule has 0 bridgehead atoms. The number of aromatic nitrogens is 2. The van der Waals surface area contributed by atoms with Crippen LogP contribution in [0.3, 0.4) is 0 Å². The highest BCUT2D eigenvalue weighted by molar-refractivity contribution is 5.73. The van der Waals surface area contributed by atoms with E-state index in [1.165, 1.54) is 0 Å². The third-order valence-corrected chi connectivity index (χ3v) is 6.94. The third-order valence-electron chi connectivity index (χ3n) is 6.94. The van der Waals surface area contributed by atoms with Crippen LogP contribution in [0.25, 0.3) is 35.7 Å². The average Bonchev–Trinajstić information content (AvgIpc) is 3.03. The maximum absolute atomic E-state index is 14.3. The molecule has 0 N–H and O–H groups in total. The summed E-state index contributed by atoms with van der Waals surface area (Å²) in [5.41, 5.74) is 7.42. The van der Waals surface area contributed by atoms with Gasteiger partial charge in [-0.1, -0.05) is 72.8 Å². The molecule has 0 aliphatic heterocycles. The van der Waals surface area contributed by atoms with Gasteiger partial charge in [0.15, 0.2) is 0 Å². The lowest BCUT2D eigenvalue weighted by Gasteiger charge is -2.17. The molecular formula is C36H35ClN4O5. The second-order valence-corrected chi connectivity index (χ2v) is 11.4. The van der Waals surface area contributed by atoms with Crippen molar-refractivity contribution in [2.75, 3.05) is 38.0 Å². The zero-order valence-corrected chi connectivity index (χ0v) is 26.7. The van der Waals surface area contributed by atoms with Crippen molar-refractivity contribution >= 4 is 35.7 Å². The zero-order valence-electron chi connectivity index (χ0n) is 26.0. The topological polar surface area (TPSA) is 125 Å². The maximum atomic E-state index is 14.3. The number of anilines is 2. The third kappa shape index (κ3) is 9.48. The van der Waals surface area contributed by atoms with Crippen LogP contribution in [0.15, 0.2) is 120 Å². The molecule has 4 aromatic carbocycles. The van der Waals surface area contributed by atoms with Crippen LogP contribution < -0.4 is 38.7 Å². The summed E-state index contributed by atoms with van der Waals surface area (Å²) in [6.45, 7) is 0. The Balaban J connectivity index is 0.000000892. The Labute approximate surface area is 270 Å². The van der Waals surface area contributed by atoms with Crippen LogP contribution in [0.2, 0.25) is 0 Å². The summed E-state index contributed by atoms with van der Waals surface area (Å²) in [6, 6.07) is 38.3. The minimum absolute atomic E-state index is 0.143. The van der Waals surface area contributed by atoms with Crippen molar-refractivity contribution in [2.24, 2.45) is 0 Å². The van der Waals surface area contributed by atoms with E-state index >= 15 is 0 Å². The molecule has 0 fully saturated rings. The van der Waals surface area contributed by atoms with Crippen molar-refractivity contribution in [1.29, 1.82) is 0 Å². The molecule has 0 spiro atoms. The minimum Gasteiger partial charge on any atom is -0.378 e. The smallest absolute Gasteiger partial charge is 0.378 e. The van der Waals surface area contributed by atoms with Crippen molar-refractivity contribution in [3.63, 3.8) is 0 Å². The van der Waals surface area contributed by atoms with Gasteiger partial charge in [0.1, 0.15) is 22.8 Å². The van der Waals surface area contributed by atoms with E-state index in [0.717, 1.165) is 45.3 Å². The highest BCUT2D eigenvalue weighted by Crippen LogP contribution is 2.18. The molecule has 5 aromatic rings. The molecule has 9 nitrogen and oxygen atoms in total. The quantitative estimate of drug-likeness (QED) is 0.238. The van der Waals surface area contributed by atoms with Gasteiger partial charge in [-0.05, 0) is 71.8 Å². The summed E-state index contributed by atoms with van der Waals surface area (Å²) in [7, 11) is 3.17. The molecule has 0 unspecified atom stereocenters. The minimum atomic E-state index is -4.94. The second kappa shape index (κ2) is 15.3. The molecule has 0 amide bonds. The standard InChI is InChI=1S/C36H35N4O.ClHO4/c1-37(2)30-21-15-28(16-22-30)19-25-34-27-35(26-20-29-17-23-31(24-18-29)38(3)4)40(33-13-9-6-10-14-33)36(41)39(34)32-11-7-5-8-12-32;2-1(3,4)5/h5-27H,1-4H3;(H,2,3,4,5)/q+1;/p-1. The summed E-state index contributed by atoms with van der Waals surface area (Å²) in [5, 5.41) is 0. The molecule has 1 heterocycles. The van der Waals surface area contributed by atoms with Crippen molar-refractivity contribution in [3.05, 3.63) is 148 Å². The van der Waals surface area contributed by atoms with Gasteiger partial charge in [0, 0.05) is 45.6 Å². The van der Waals surface area contributed by atoms with E-state index in [-0.39, 0.29) is 5.69 Å². The Hall–Kier alpha value is -5.03. The molecule has 5 rings (SSSR count). The fourth-order valence-electron chi connectivity index (χ4n) is 4.65. The first-order chi connectivity index (χ1) is 21.9. The molecule has 0 saturated heterocycles. The van der Waals surface area contributed by atoms with E-state index in [9.17, 15) is 4.79 Å². The number of benzene rings is 4. The van der Waals surface area contributed by atoms with Gasteiger partial charge in [0.2, 0.25) is 0 Å². The van der Waals surface area contributed by atoms with E-state index in [0.29, 0.717) is 0 Å². The average molecular weight is 639 g/mol. The predicted octanol–water partition coefficient (Wildman–Crippen LogP) is 1.83. The largest absolute Gasteiger partial charge is 0.509 e. The van der Waals surface area contributed by atoms with E-state index in [4.69, 9.17) is 18.6 Å². The molecule has 1 aromatic heterocycles. The lowest BCUT2D eigenvalue weighted by Crippen LogP contribution is -2.68. The van der Waals surface area contributed by atoms with E-state index in [2.05, 4.69) is 64.4 Å². The van der Waals surface area contributed by atoms with Crippen LogP contribution in [0, 0.1) is 10.2 Å². The Morgan fingerprint density at radius 3 is 1.50 bits per heavy atom. The van der Waals surface area contributed by atoms with Crippen LogP contribution in [-0.4, -0.2) is 32.8 Å². The van der Waals surface area contributed by atoms with Crippen LogP contribution in [0.5, 0.6) is 0 Å². The lowest BCUT2D eigenvalue weighted by molar-refractivity contribution is -2.00. The molecule has 10 heteroatoms. The van der Waals surface area contributed by atoms with Gasteiger partial charge in [0.25, 0.3) is 0 Å². The molecule has 0 saturated carbocycles. The summed E-state index contributed by atoms with van der Waals surface area (Å²) < 4.78 is 37.5. The van der Waals surface area contributed by atoms with Gasteiger partial charge in [-0.3, -0.25) is 0 Å². The van der Waals surface area contributed by atoms with Crippen LogP contribution in [0.4, 0.5) is 11.4 Å². The van der Waals surface area contributed by atoms with Crippen LogP contribution in [0.1, 0.15) is 22.5 Å². The molecule has 0 radical (unpaired) electrons. The summed E-state index contributed by atoms with van der Waals surface area (Å²) in [5.74, 6) is 0. The Morgan fingerprint density at radius 1 is 0.609 bits per heavy atom. The first kappa shape index (κ1) is 33.9. The fourth-order valence-corrected chi connectivity index (χ4v) is 4.65. The number of para-hydroxylation sites is 2. The van der Waals surface area contributed by atoms with E-state index < -0.39 is 10.2 Å². The lowest BCUT2D eigenvalue weighted by atomic mass is 10.1. The first-order valence-electron chi connectivity index (χ1n) is 14.3. The number of hydrogen-bond donors (Lipinski definition) is 0. The van der Waals surface area contributed by atoms with Crippen molar-refractivity contribution in [2.45, 2.75) is 0 Å². The summed E-state index contributed by atoms with van der Waals surface area (Å²) in [6.07, 6.45) is 8.12. The molecule has 46 heavy (non-hydrogen) atoms. The van der Waals surface area contributed by atoms with Crippen molar-refractivity contribution in [3.8, 4) is 11.4 Å². The van der Waals surface area contributed by atoms with Crippen LogP contribution >= 0.6 is 0 Å². The highest BCUT2D eigenvalue weighted by Gasteiger charge is 2.22. The SMILES string of the molecule is CN(C)c1ccc(C=Cc2cc(C=Cc3ccc(N(C)C)cc3)[n+](-c3ccccc3)c(=O)n2-c2ccccc2)cc1.[O-][Cl+3]([O-])([O-])[O-]. The van der Waals surface area contributed by atoms with Gasteiger partial charge in [-0.25, -0.2) is 18.6 Å². The first-order valence-corrected chi connectivity index (χ1v) is 15.5.